The highest BCUT2D eigenvalue weighted by Crippen LogP contribution is 2.20. The van der Waals surface area contributed by atoms with E-state index in [1.807, 2.05) is 6.07 Å². The molecule has 0 radical (unpaired) electrons. The van der Waals surface area contributed by atoms with E-state index < -0.39 is 0 Å². The molecule has 0 unspecified atom stereocenters. The Kier molecular flexibility index (Phi) is 6.06. The molecule has 96 valence electrons. The molecule has 0 saturated carbocycles. The molecule has 0 fully saturated rings. The largest absolute Gasteiger partial charge is 0.491 e. The van der Waals surface area contributed by atoms with Crippen molar-refractivity contribution in [1.29, 1.82) is 0 Å². The van der Waals surface area contributed by atoms with Gasteiger partial charge >= 0.3 is 0 Å². The van der Waals surface area contributed by atoms with E-state index in [1.54, 1.807) is 0 Å². The summed E-state index contributed by atoms with van der Waals surface area (Å²) in [6.07, 6.45) is 2.46. The van der Waals surface area contributed by atoms with Gasteiger partial charge in [0.25, 0.3) is 0 Å². The van der Waals surface area contributed by atoms with Crippen molar-refractivity contribution in [3.63, 3.8) is 0 Å². The van der Waals surface area contributed by atoms with Crippen LogP contribution in [-0.4, -0.2) is 18.7 Å². The van der Waals surface area contributed by atoms with Crippen molar-refractivity contribution in [3.05, 3.63) is 29.8 Å². The van der Waals surface area contributed by atoms with Crippen LogP contribution in [0.15, 0.2) is 24.3 Å². The van der Waals surface area contributed by atoms with Crippen molar-refractivity contribution >= 4 is 0 Å². The summed E-state index contributed by atoms with van der Waals surface area (Å²) in [7, 11) is 0. The number of para-hydroxylation sites is 1. The molecule has 0 aliphatic heterocycles. The molecule has 2 heteroatoms. The number of hydrogen-bond acceptors (Lipinski definition) is 2. The number of hydrogen-bond donors (Lipinski definition) is 1. The average molecular weight is 235 g/mol. The van der Waals surface area contributed by atoms with Crippen LogP contribution in [0.5, 0.6) is 5.75 Å². The lowest BCUT2D eigenvalue weighted by atomic mass is 10.1. The molecule has 0 aliphatic rings. The number of nitrogens with one attached hydrogen (secondary N) is 1. The predicted molar refractivity (Wildman–Crippen MR) is 73.7 cm³/mol. The van der Waals surface area contributed by atoms with Crippen molar-refractivity contribution < 1.29 is 4.74 Å². The standard InChI is InChI=1S/C15H25NO/c1-12(2)16-11-7-9-14-8-5-6-10-15(14)17-13(3)4/h5-6,8,10,12-13,16H,7,9,11H2,1-4H3. The van der Waals surface area contributed by atoms with Crippen LogP contribution >= 0.6 is 0 Å². The SMILES string of the molecule is CC(C)NCCCc1ccccc1OC(C)C. The Labute approximate surface area is 105 Å². The van der Waals surface area contributed by atoms with Gasteiger partial charge in [0.1, 0.15) is 5.75 Å². The van der Waals surface area contributed by atoms with Gasteiger partial charge in [-0.05, 0) is 44.9 Å². The minimum Gasteiger partial charge on any atom is -0.491 e. The Morgan fingerprint density at radius 2 is 1.82 bits per heavy atom. The minimum atomic E-state index is 0.241. The molecule has 0 heterocycles. The number of rotatable bonds is 7. The molecule has 0 amide bonds. The van der Waals surface area contributed by atoms with Gasteiger partial charge in [0.15, 0.2) is 0 Å². The summed E-state index contributed by atoms with van der Waals surface area (Å²) in [4.78, 5) is 0. The summed E-state index contributed by atoms with van der Waals surface area (Å²) < 4.78 is 5.80. The highest BCUT2D eigenvalue weighted by atomic mass is 16.5. The van der Waals surface area contributed by atoms with Crippen LogP contribution in [0.1, 0.15) is 39.7 Å². The van der Waals surface area contributed by atoms with Crippen LogP contribution in [0.4, 0.5) is 0 Å². The van der Waals surface area contributed by atoms with Crippen molar-refractivity contribution in [2.75, 3.05) is 6.54 Å². The Morgan fingerprint density at radius 1 is 1.12 bits per heavy atom. The fourth-order valence-electron chi connectivity index (χ4n) is 1.75. The van der Waals surface area contributed by atoms with Crippen LogP contribution in [-0.2, 0) is 6.42 Å². The van der Waals surface area contributed by atoms with Crippen LogP contribution in [0.25, 0.3) is 0 Å². The molecule has 0 bridgehead atoms. The minimum absolute atomic E-state index is 0.241. The maximum absolute atomic E-state index is 5.80. The zero-order valence-electron chi connectivity index (χ0n) is 11.5. The number of aryl methyl sites for hydroxylation is 1. The van der Waals surface area contributed by atoms with Crippen molar-refractivity contribution in [1.82, 2.24) is 5.32 Å². The molecule has 0 atom stereocenters. The smallest absolute Gasteiger partial charge is 0.122 e. The van der Waals surface area contributed by atoms with Gasteiger partial charge in [-0.2, -0.15) is 0 Å². The van der Waals surface area contributed by atoms with Crippen LogP contribution in [0.2, 0.25) is 0 Å². The molecule has 1 rings (SSSR count). The van der Waals surface area contributed by atoms with Crippen LogP contribution < -0.4 is 10.1 Å². The van der Waals surface area contributed by atoms with E-state index in [4.69, 9.17) is 4.74 Å². The lowest BCUT2D eigenvalue weighted by Crippen LogP contribution is -2.24. The van der Waals surface area contributed by atoms with Gasteiger partial charge in [0.2, 0.25) is 0 Å². The van der Waals surface area contributed by atoms with Gasteiger partial charge in [-0.15, -0.1) is 0 Å². The first-order valence-corrected chi connectivity index (χ1v) is 6.57. The third kappa shape index (κ3) is 5.73. The highest BCUT2D eigenvalue weighted by Gasteiger charge is 2.04. The quantitative estimate of drug-likeness (QED) is 0.731. The molecule has 0 aromatic heterocycles. The molecule has 1 aromatic carbocycles. The number of benzene rings is 1. The second kappa shape index (κ2) is 7.33. The van der Waals surface area contributed by atoms with E-state index in [2.05, 4.69) is 51.2 Å². The maximum atomic E-state index is 5.80. The fourth-order valence-corrected chi connectivity index (χ4v) is 1.75. The monoisotopic (exact) mass is 235 g/mol. The first kappa shape index (κ1) is 14.0. The topological polar surface area (TPSA) is 21.3 Å². The second-order valence-corrected chi connectivity index (χ2v) is 4.99. The maximum Gasteiger partial charge on any atom is 0.122 e. The molecule has 0 aliphatic carbocycles. The molecule has 0 spiro atoms. The van der Waals surface area contributed by atoms with Gasteiger partial charge in [0.05, 0.1) is 6.10 Å². The van der Waals surface area contributed by atoms with Crippen molar-refractivity contribution in [3.8, 4) is 5.75 Å². The van der Waals surface area contributed by atoms with Gasteiger partial charge in [0, 0.05) is 6.04 Å². The summed E-state index contributed by atoms with van der Waals surface area (Å²) >= 11 is 0. The van der Waals surface area contributed by atoms with Gasteiger partial charge in [-0.25, -0.2) is 0 Å². The Hall–Kier alpha value is -1.02. The average Bonchev–Trinajstić information content (AvgIpc) is 2.25. The molecule has 2 nitrogen and oxygen atoms in total. The Bertz CT molecular complexity index is 320. The van der Waals surface area contributed by atoms with Gasteiger partial charge in [-0.1, -0.05) is 32.0 Å². The molecular weight excluding hydrogens is 210 g/mol. The molecular formula is C15H25NO. The van der Waals surface area contributed by atoms with E-state index in [-0.39, 0.29) is 6.10 Å². The molecule has 1 N–H and O–H groups in total. The Morgan fingerprint density at radius 3 is 2.47 bits per heavy atom. The van der Waals surface area contributed by atoms with E-state index in [0.29, 0.717) is 6.04 Å². The van der Waals surface area contributed by atoms with Crippen molar-refractivity contribution in [2.24, 2.45) is 0 Å². The van der Waals surface area contributed by atoms with E-state index in [9.17, 15) is 0 Å². The normalized spacial score (nSPS) is 11.2. The van der Waals surface area contributed by atoms with Crippen molar-refractivity contribution in [2.45, 2.75) is 52.7 Å². The van der Waals surface area contributed by atoms with E-state index in [0.717, 1.165) is 25.1 Å². The van der Waals surface area contributed by atoms with E-state index in [1.165, 1.54) is 5.56 Å². The zero-order chi connectivity index (χ0) is 12.7. The first-order valence-electron chi connectivity index (χ1n) is 6.57. The summed E-state index contributed by atoms with van der Waals surface area (Å²) in [5.74, 6) is 1.03. The first-order chi connectivity index (χ1) is 8.09. The molecule has 0 saturated heterocycles. The Balaban J connectivity index is 2.46. The summed E-state index contributed by atoms with van der Waals surface area (Å²) in [5, 5.41) is 3.44. The van der Waals surface area contributed by atoms with Crippen LogP contribution in [0.3, 0.4) is 0 Å². The summed E-state index contributed by atoms with van der Waals surface area (Å²) in [5.41, 5.74) is 1.31. The molecule has 17 heavy (non-hydrogen) atoms. The lowest BCUT2D eigenvalue weighted by Gasteiger charge is -2.14. The predicted octanol–water partition coefficient (Wildman–Crippen LogP) is 3.40. The number of ether oxygens (including phenoxy) is 1. The van der Waals surface area contributed by atoms with Crippen LogP contribution in [0, 0.1) is 0 Å². The third-order valence-corrected chi connectivity index (χ3v) is 2.51. The summed E-state index contributed by atoms with van der Waals surface area (Å²) in [6, 6.07) is 8.90. The highest BCUT2D eigenvalue weighted by molar-refractivity contribution is 5.33. The third-order valence-electron chi connectivity index (χ3n) is 2.51. The summed E-state index contributed by atoms with van der Waals surface area (Å²) in [6.45, 7) is 9.55. The second-order valence-electron chi connectivity index (χ2n) is 4.99. The van der Waals surface area contributed by atoms with Gasteiger partial charge in [-0.3, -0.25) is 0 Å². The lowest BCUT2D eigenvalue weighted by molar-refractivity contribution is 0.240. The van der Waals surface area contributed by atoms with E-state index >= 15 is 0 Å². The molecule has 1 aromatic rings. The zero-order valence-corrected chi connectivity index (χ0v) is 11.5. The van der Waals surface area contributed by atoms with Gasteiger partial charge < -0.3 is 10.1 Å². The fraction of sp³-hybridized carbons (Fsp3) is 0.600.